The zero-order chi connectivity index (χ0) is 17.1. The summed E-state index contributed by atoms with van der Waals surface area (Å²) < 4.78 is 3.62. The van der Waals surface area contributed by atoms with Crippen LogP contribution in [0.5, 0.6) is 0 Å². The van der Waals surface area contributed by atoms with Gasteiger partial charge in [-0.2, -0.15) is 10.1 Å². The Morgan fingerprint density at radius 2 is 2.17 bits per heavy atom. The standard InChI is InChI=1S/C16H20N6OS/c1-16(2)7-9-12(11(23)8-16)13(10-5-6-17-21(10)3)22-14(18-9)19-15(20-22)24-4/h5-6,13H,7-8H2,1-4H3,(H,18,19,20)/t13-/m1/s1. The number of allylic oxidation sites excluding steroid dienone is 2. The maximum Gasteiger partial charge on any atom is 0.227 e. The Kier molecular flexibility index (Phi) is 3.35. The molecule has 1 aliphatic carbocycles. The summed E-state index contributed by atoms with van der Waals surface area (Å²) in [5, 5.41) is 12.9. The summed E-state index contributed by atoms with van der Waals surface area (Å²) in [5.74, 6) is 0.863. The lowest BCUT2D eigenvalue weighted by Gasteiger charge is -2.38. The van der Waals surface area contributed by atoms with Crippen LogP contribution >= 0.6 is 11.8 Å². The van der Waals surface area contributed by atoms with Crippen molar-refractivity contribution in [1.82, 2.24) is 24.5 Å². The number of aromatic nitrogens is 5. The SMILES string of the molecule is CSc1nc2n(n1)[C@H](c1ccnn1C)C1=C(CC(C)(C)CC1=O)N2. The molecule has 0 aromatic carbocycles. The first-order valence-corrected chi connectivity index (χ1v) is 9.14. The van der Waals surface area contributed by atoms with Gasteiger partial charge in [0.15, 0.2) is 5.78 Å². The van der Waals surface area contributed by atoms with Gasteiger partial charge in [0, 0.05) is 30.9 Å². The fourth-order valence-corrected chi connectivity index (χ4v) is 3.95. The third kappa shape index (κ3) is 2.28. The van der Waals surface area contributed by atoms with E-state index in [1.54, 1.807) is 10.9 Å². The minimum Gasteiger partial charge on any atom is -0.328 e. The van der Waals surface area contributed by atoms with E-state index in [0.29, 0.717) is 17.5 Å². The van der Waals surface area contributed by atoms with Gasteiger partial charge in [-0.05, 0) is 24.2 Å². The van der Waals surface area contributed by atoms with Crippen LogP contribution in [0, 0.1) is 5.41 Å². The molecule has 1 N–H and O–H groups in total. The molecular weight excluding hydrogens is 324 g/mol. The largest absolute Gasteiger partial charge is 0.328 e. The maximum atomic E-state index is 13.0. The molecule has 0 bridgehead atoms. The summed E-state index contributed by atoms with van der Waals surface area (Å²) in [6.07, 6.45) is 5.06. The Bertz CT molecular complexity index is 862. The van der Waals surface area contributed by atoms with Crippen molar-refractivity contribution in [3.8, 4) is 0 Å². The van der Waals surface area contributed by atoms with Crippen molar-refractivity contribution in [1.29, 1.82) is 0 Å². The van der Waals surface area contributed by atoms with E-state index >= 15 is 0 Å². The Morgan fingerprint density at radius 3 is 2.83 bits per heavy atom. The molecule has 1 aliphatic heterocycles. The lowest BCUT2D eigenvalue weighted by Crippen LogP contribution is -2.37. The minimum absolute atomic E-state index is 0.0511. The van der Waals surface area contributed by atoms with Crippen LogP contribution in [0.15, 0.2) is 28.7 Å². The first kappa shape index (κ1) is 15.4. The lowest BCUT2D eigenvalue weighted by atomic mass is 9.73. The predicted octanol–water partition coefficient (Wildman–Crippen LogP) is 2.39. The van der Waals surface area contributed by atoms with Gasteiger partial charge < -0.3 is 5.32 Å². The van der Waals surface area contributed by atoms with Crippen LogP contribution in [0.4, 0.5) is 5.95 Å². The number of nitrogens with zero attached hydrogens (tertiary/aromatic N) is 5. The second kappa shape index (κ2) is 5.20. The third-order valence-corrected chi connectivity index (χ3v) is 5.17. The molecule has 24 heavy (non-hydrogen) atoms. The van der Waals surface area contributed by atoms with Gasteiger partial charge in [-0.15, -0.1) is 5.10 Å². The molecule has 3 heterocycles. The highest BCUT2D eigenvalue weighted by molar-refractivity contribution is 7.98. The van der Waals surface area contributed by atoms with Crippen LogP contribution in [0.2, 0.25) is 0 Å². The molecule has 0 unspecified atom stereocenters. The van der Waals surface area contributed by atoms with Gasteiger partial charge in [-0.25, -0.2) is 4.68 Å². The minimum atomic E-state index is -0.277. The number of rotatable bonds is 2. The summed E-state index contributed by atoms with van der Waals surface area (Å²) in [7, 11) is 1.89. The summed E-state index contributed by atoms with van der Waals surface area (Å²) >= 11 is 1.49. The van der Waals surface area contributed by atoms with Gasteiger partial charge >= 0.3 is 0 Å². The normalized spacial score (nSPS) is 22.2. The van der Waals surface area contributed by atoms with E-state index < -0.39 is 0 Å². The first-order chi connectivity index (χ1) is 11.4. The zero-order valence-corrected chi connectivity index (χ0v) is 15.0. The van der Waals surface area contributed by atoms with Crippen molar-refractivity contribution < 1.29 is 4.79 Å². The monoisotopic (exact) mass is 344 g/mol. The van der Waals surface area contributed by atoms with Crippen molar-refractivity contribution in [2.24, 2.45) is 12.5 Å². The number of hydrogen-bond donors (Lipinski definition) is 1. The fourth-order valence-electron chi connectivity index (χ4n) is 3.60. The quantitative estimate of drug-likeness (QED) is 0.843. The van der Waals surface area contributed by atoms with Gasteiger partial charge in [0.25, 0.3) is 0 Å². The molecule has 1 atom stereocenters. The van der Waals surface area contributed by atoms with Crippen LogP contribution < -0.4 is 5.32 Å². The Labute approximate surface area is 144 Å². The van der Waals surface area contributed by atoms with E-state index in [4.69, 9.17) is 0 Å². The van der Waals surface area contributed by atoms with Crippen molar-refractivity contribution in [3.05, 3.63) is 29.2 Å². The number of nitrogens with one attached hydrogen (secondary N) is 1. The number of ketones is 1. The van der Waals surface area contributed by atoms with Crippen LogP contribution in [0.1, 0.15) is 38.4 Å². The molecule has 126 valence electrons. The van der Waals surface area contributed by atoms with Gasteiger partial charge in [0.1, 0.15) is 6.04 Å². The molecule has 2 aromatic rings. The van der Waals surface area contributed by atoms with Crippen LogP contribution in [-0.2, 0) is 11.8 Å². The van der Waals surface area contributed by atoms with Crippen LogP contribution in [0.3, 0.4) is 0 Å². The molecule has 8 heteroatoms. The molecule has 2 aliphatic rings. The lowest BCUT2D eigenvalue weighted by molar-refractivity contribution is -0.118. The highest BCUT2D eigenvalue weighted by Crippen LogP contribution is 2.45. The maximum absolute atomic E-state index is 13.0. The van der Waals surface area contributed by atoms with Gasteiger partial charge in [0.2, 0.25) is 11.1 Å². The molecule has 0 spiro atoms. The zero-order valence-electron chi connectivity index (χ0n) is 14.2. The number of fused-ring (bicyclic) bond motifs is 1. The van der Waals surface area contributed by atoms with E-state index in [0.717, 1.165) is 23.4 Å². The number of anilines is 1. The smallest absolute Gasteiger partial charge is 0.227 e. The topological polar surface area (TPSA) is 77.6 Å². The molecule has 7 nitrogen and oxygen atoms in total. The summed E-state index contributed by atoms with van der Waals surface area (Å²) in [6, 6.07) is 1.67. The van der Waals surface area contributed by atoms with Gasteiger partial charge in [0.05, 0.1) is 5.69 Å². The number of aryl methyl sites for hydroxylation is 1. The highest BCUT2D eigenvalue weighted by atomic mass is 32.2. The predicted molar refractivity (Wildman–Crippen MR) is 91.8 cm³/mol. The summed E-state index contributed by atoms with van der Waals surface area (Å²) in [4.78, 5) is 17.5. The van der Waals surface area contributed by atoms with Crippen molar-refractivity contribution >= 4 is 23.5 Å². The van der Waals surface area contributed by atoms with Gasteiger partial charge in [-0.3, -0.25) is 9.48 Å². The summed E-state index contributed by atoms with van der Waals surface area (Å²) in [5.41, 5.74) is 2.65. The molecule has 0 saturated carbocycles. The summed E-state index contributed by atoms with van der Waals surface area (Å²) in [6.45, 7) is 4.25. The van der Waals surface area contributed by atoms with E-state index in [2.05, 4.69) is 34.3 Å². The van der Waals surface area contributed by atoms with E-state index in [1.165, 1.54) is 11.8 Å². The molecule has 0 amide bonds. The molecule has 0 fully saturated rings. The van der Waals surface area contributed by atoms with Gasteiger partial charge in [-0.1, -0.05) is 25.6 Å². The average molecular weight is 344 g/mol. The Balaban J connectivity index is 1.93. The third-order valence-electron chi connectivity index (χ3n) is 4.63. The number of Topliss-reactive ketones (excluding diaryl/α,β-unsaturated/α-hetero) is 1. The molecule has 0 radical (unpaired) electrons. The second-order valence-electron chi connectivity index (χ2n) is 7.11. The molecule has 0 saturated heterocycles. The molecule has 4 rings (SSSR count). The molecular formula is C16H20N6OS. The van der Waals surface area contributed by atoms with Crippen LogP contribution in [-0.4, -0.2) is 36.6 Å². The second-order valence-corrected chi connectivity index (χ2v) is 7.88. The Hall–Kier alpha value is -2.09. The Morgan fingerprint density at radius 1 is 1.38 bits per heavy atom. The van der Waals surface area contributed by atoms with E-state index in [9.17, 15) is 4.79 Å². The van der Waals surface area contributed by atoms with Crippen molar-refractivity contribution in [3.63, 3.8) is 0 Å². The highest BCUT2D eigenvalue weighted by Gasteiger charge is 2.42. The number of carbonyl (C=O) groups excluding carboxylic acids is 1. The number of hydrogen-bond acceptors (Lipinski definition) is 6. The number of thioether (sulfide) groups is 1. The van der Waals surface area contributed by atoms with E-state index in [-0.39, 0.29) is 17.2 Å². The van der Waals surface area contributed by atoms with Crippen LogP contribution in [0.25, 0.3) is 0 Å². The first-order valence-electron chi connectivity index (χ1n) is 7.91. The van der Waals surface area contributed by atoms with E-state index in [1.807, 2.05) is 24.1 Å². The molecule has 2 aromatic heterocycles. The van der Waals surface area contributed by atoms with Crippen molar-refractivity contribution in [2.45, 2.75) is 37.9 Å². The van der Waals surface area contributed by atoms with Crippen molar-refractivity contribution in [2.75, 3.05) is 11.6 Å². The average Bonchev–Trinajstić information content (AvgIpc) is 3.09. The number of carbonyl (C=O) groups is 1. The fraction of sp³-hybridized carbons (Fsp3) is 0.500.